The number of hydrogen-bond donors (Lipinski definition) is 0. The van der Waals surface area contributed by atoms with Crippen molar-refractivity contribution in [3.63, 3.8) is 0 Å². The van der Waals surface area contributed by atoms with E-state index in [0.29, 0.717) is 5.75 Å². The van der Waals surface area contributed by atoms with Crippen molar-refractivity contribution in [1.82, 2.24) is 9.29 Å². The van der Waals surface area contributed by atoms with E-state index >= 15 is 0 Å². The van der Waals surface area contributed by atoms with E-state index in [0.717, 1.165) is 21.2 Å². The topological polar surface area (TPSA) is 50.3 Å². The summed E-state index contributed by atoms with van der Waals surface area (Å²) in [6.07, 6.45) is 0. The summed E-state index contributed by atoms with van der Waals surface area (Å²) >= 11 is 3.06. The van der Waals surface area contributed by atoms with Crippen molar-refractivity contribution in [3.05, 3.63) is 65.3 Å². The Balaban J connectivity index is 1.71. The molecule has 2 aromatic carbocycles. The van der Waals surface area contributed by atoms with Crippen LogP contribution in [0.4, 0.5) is 4.39 Å². The molecule has 26 heavy (non-hydrogen) atoms. The van der Waals surface area contributed by atoms with Gasteiger partial charge in [-0.15, -0.1) is 11.3 Å². The molecule has 1 aromatic heterocycles. The van der Waals surface area contributed by atoms with E-state index < -0.39 is 10.0 Å². The van der Waals surface area contributed by atoms with Gasteiger partial charge >= 0.3 is 0 Å². The molecule has 0 aliphatic rings. The van der Waals surface area contributed by atoms with Gasteiger partial charge in [-0.05, 0) is 42.0 Å². The highest BCUT2D eigenvalue weighted by Gasteiger charge is 2.17. The molecule has 0 amide bonds. The molecule has 0 spiro atoms. The van der Waals surface area contributed by atoms with Crippen LogP contribution in [0, 0.1) is 5.82 Å². The minimum atomic E-state index is -3.44. The highest BCUT2D eigenvalue weighted by molar-refractivity contribution is 8.00. The largest absolute Gasteiger partial charge is 0.242 e. The highest BCUT2D eigenvalue weighted by Crippen LogP contribution is 2.31. The first-order chi connectivity index (χ1) is 12.4. The van der Waals surface area contributed by atoms with Crippen molar-refractivity contribution < 1.29 is 12.8 Å². The molecule has 3 aromatic rings. The molecule has 0 bridgehead atoms. The van der Waals surface area contributed by atoms with Crippen molar-refractivity contribution in [2.45, 2.75) is 15.0 Å². The number of hydrogen-bond acceptors (Lipinski definition) is 5. The predicted molar refractivity (Wildman–Crippen MR) is 104 cm³/mol. The SMILES string of the molecule is CN(C)S(=O)(=O)c1cccc(CSc2nc(-c3ccc(F)cc3)cs2)c1. The van der Waals surface area contributed by atoms with Gasteiger partial charge < -0.3 is 0 Å². The van der Waals surface area contributed by atoms with Gasteiger partial charge in [-0.2, -0.15) is 0 Å². The fourth-order valence-corrected chi connectivity index (χ4v) is 4.98. The van der Waals surface area contributed by atoms with E-state index in [1.807, 2.05) is 11.4 Å². The quantitative estimate of drug-likeness (QED) is 0.564. The lowest BCUT2D eigenvalue weighted by molar-refractivity contribution is 0.520. The molecule has 8 heteroatoms. The lowest BCUT2D eigenvalue weighted by Gasteiger charge is -2.12. The van der Waals surface area contributed by atoms with Crippen LogP contribution in [0.15, 0.2) is 63.1 Å². The number of halogens is 1. The van der Waals surface area contributed by atoms with Crippen LogP contribution in [0.5, 0.6) is 0 Å². The summed E-state index contributed by atoms with van der Waals surface area (Å²) in [5.74, 6) is 0.346. The van der Waals surface area contributed by atoms with E-state index in [2.05, 4.69) is 4.98 Å². The monoisotopic (exact) mass is 408 g/mol. The van der Waals surface area contributed by atoms with Gasteiger partial charge in [0.05, 0.1) is 10.6 Å². The van der Waals surface area contributed by atoms with Gasteiger partial charge in [0, 0.05) is 30.8 Å². The summed E-state index contributed by atoms with van der Waals surface area (Å²) in [5, 5.41) is 1.93. The van der Waals surface area contributed by atoms with E-state index in [4.69, 9.17) is 0 Å². The predicted octanol–water partition coefficient (Wildman–Crippen LogP) is 4.49. The molecule has 136 valence electrons. The van der Waals surface area contributed by atoms with E-state index in [-0.39, 0.29) is 10.7 Å². The molecule has 0 N–H and O–H groups in total. The molecule has 0 radical (unpaired) electrons. The average molecular weight is 409 g/mol. The Labute approximate surface area is 160 Å². The van der Waals surface area contributed by atoms with Crippen LogP contribution < -0.4 is 0 Å². The third-order valence-electron chi connectivity index (χ3n) is 3.66. The molecule has 0 aliphatic carbocycles. The normalized spacial score (nSPS) is 11.8. The zero-order chi connectivity index (χ0) is 18.7. The Morgan fingerprint density at radius 1 is 1.15 bits per heavy atom. The van der Waals surface area contributed by atoms with Gasteiger partial charge in [0.2, 0.25) is 10.0 Å². The van der Waals surface area contributed by atoms with Crippen LogP contribution in [-0.4, -0.2) is 31.8 Å². The molecule has 0 unspecified atom stereocenters. The number of sulfonamides is 1. The molecule has 3 rings (SSSR count). The van der Waals surface area contributed by atoms with Crippen molar-refractivity contribution in [2.75, 3.05) is 14.1 Å². The number of nitrogens with zero attached hydrogens (tertiary/aromatic N) is 2. The third kappa shape index (κ3) is 4.32. The van der Waals surface area contributed by atoms with E-state index in [1.54, 1.807) is 42.1 Å². The smallest absolute Gasteiger partial charge is 0.230 e. The van der Waals surface area contributed by atoms with Crippen molar-refractivity contribution in [1.29, 1.82) is 0 Å². The standard InChI is InChI=1S/C18H17FN2O2S3/c1-21(2)26(22,23)16-5-3-4-13(10-16)11-24-18-20-17(12-25-18)14-6-8-15(19)9-7-14/h3-10,12H,11H2,1-2H3. The van der Waals surface area contributed by atoms with Gasteiger partial charge in [-0.1, -0.05) is 23.9 Å². The Morgan fingerprint density at radius 3 is 2.58 bits per heavy atom. The second-order valence-corrected chi connectivity index (χ2v) is 9.96. The number of benzene rings is 2. The highest BCUT2D eigenvalue weighted by atomic mass is 32.2. The molecular formula is C18H17FN2O2S3. The number of aromatic nitrogens is 1. The first kappa shape index (κ1) is 19.0. The average Bonchev–Trinajstić information content (AvgIpc) is 3.10. The molecule has 4 nitrogen and oxygen atoms in total. The minimum Gasteiger partial charge on any atom is -0.230 e. The van der Waals surface area contributed by atoms with E-state index in [9.17, 15) is 12.8 Å². The van der Waals surface area contributed by atoms with Crippen LogP contribution in [-0.2, 0) is 15.8 Å². The molecule has 0 saturated heterocycles. The summed E-state index contributed by atoms with van der Waals surface area (Å²) < 4.78 is 39.5. The maximum Gasteiger partial charge on any atom is 0.242 e. The summed E-state index contributed by atoms with van der Waals surface area (Å²) in [5.41, 5.74) is 2.59. The van der Waals surface area contributed by atoms with Crippen molar-refractivity contribution in [2.24, 2.45) is 0 Å². The Kier molecular flexibility index (Phi) is 5.76. The molecule has 1 heterocycles. The van der Waals surface area contributed by atoms with Crippen LogP contribution in [0.2, 0.25) is 0 Å². The molecule has 0 saturated carbocycles. The van der Waals surface area contributed by atoms with Gasteiger partial charge in [0.25, 0.3) is 0 Å². The summed E-state index contributed by atoms with van der Waals surface area (Å²) in [4.78, 5) is 4.84. The Morgan fingerprint density at radius 2 is 1.88 bits per heavy atom. The molecule has 0 atom stereocenters. The zero-order valence-electron chi connectivity index (χ0n) is 14.2. The number of thioether (sulfide) groups is 1. The van der Waals surface area contributed by atoms with Gasteiger partial charge in [-0.25, -0.2) is 22.1 Å². The molecule has 0 fully saturated rings. The van der Waals surface area contributed by atoms with Crippen LogP contribution in [0.25, 0.3) is 11.3 Å². The van der Waals surface area contributed by atoms with E-state index in [1.165, 1.54) is 41.9 Å². The summed E-state index contributed by atoms with van der Waals surface area (Å²) in [7, 11) is -0.403. The van der Waals surface area contributed by atoms with Crippen molar-refractivity contribution in [3.8, 4) is 11.3 Å². The Hall–Kier alpha value is -1.74. The maximum atomic E-state index is 13.0. The first-order valence-corrected chi connectivity index (χ1v) is 11.0. The minimum absolute atomic E-state index is 0.272. The third-order valence-corrected chi connectivity index (χ3v) is 7.57. The first-order valence-electron chi connectivity index (χ1n) is 7.72. The van der Waals surface area contributed by atoms with Crippen LogP contribution in [0.1, 0.15) is 5.56 Å². The van der Waals surface area contributed by atoms with Crippen LogP contribution in [0.3, 0.4) is 0 Å². The molecular weight excluding hydrogens is 391 g/mol. The second kappa shape index (κ2) is 7.87. The van der Waals surface area contributed by atoms with Crippen LogP contribution >= 0.6 is 23.1 Å². The number of rotatable bonds is 6. The van der Waals surface area contributed by atoms with Gasteiger partial charge in [-0.3, -0.25) is 0 Å². The summed E-state index contributed by atoms with van der Waals surface area (Å²) in [6.45, 7) is 0. The van der Waals surface area contributed by atoms with Gasteiger partial charge in [0.15, 0.2) is 4.34 Å². The van der Waals surface area contributed by atoms with Crippen molar-refractivity contribution >= 4 is 33.1 Å². The fourth-order valence-electron chi connectivity index (χ4n) is 2.23. The number of thiazole rings is 1. The fraction of sp³-hybridized carbons (Fsp3) is 0.167. The lowest BCUT2D eigenvalue weighted by Crippen LogP contribution is -2.22. The lowest BCUT2D eigenvalue weighted by atomic mass is 10.2. The molecule has 0 aliphatic heterocycles. The van der Waals surface area contributed by atoms with Gasteiger partial charge in [0.1, 0.15) is 5.82 Å². The second-order valence-electron chi connectivity index (χ2n) is 5.73. The Bertz CT molecular complexity index is 999. The summed E-state index contributed by atoms with van der Waals surface area (Å²) in [6, 6.07) is 13.2. The zero-order valence-corrected chi connectivity index (χ0v) is 16.7. The maximum absolute atomic E-state index is 13.0.